The Morgan fingerprint density at radius 3 is 2.35 bits per heavy atom. The van der Waals surface area contributed by atoms with Crippen molar-refractivity contribution < 1.29 is 9.47 Å². The summed E-state index contributed by atoms with van der Waals surface area (Å²) < 4.78 is 14.7. The van der Waals surface area contributed by atoms with E-state index in [0.717, 1.165) is 34.1 Å². The van der Waals surface area contributed by atoms with Gasteiger partial charge < -0.3 is 14.8 Å². The van der Waals surface area contributed by atoms with Crippen molar-refractivity contribution in [2.45, 2.75) is 19.4 Å². The Hall–Kier alpha value is -1.66. The molecule has 1 aromatic carbocycles. The number of rotatable bonds is 6. The van der Waals surface area contributed by atoms with E-state index in [-0.39, 0.29) is 6.04 Å². The summed E-state index contributed by atoms with van der Waals surface area (Å²) in [6, 6.07) is 5.90. The molecule has 0 saturated carbocycles. The van der Waals surface area contributed by atoms with Crippen molar-refractivity contribution in [1.29, 1.82) is 0 Å². The summed E-state index contributed by atoms with van der Waals surface area (Å²) in [6.07, 6.45) is 0.866. The molecule has 0 fully saturated rings. The zero-order valence-electron chi connectivity index (χ0n) is 12.1. The summed E-state index contributed by atoms with van der Waals surface area (Å²) in [5.74, 6) is 1.55. The van der Waals surface area contributed by atoms with Crippen LogP contribution in [0.2, 0.25) is 0 Å². The highest BCUT2D eigenvalue weighted by molar-refractivity contribution is 7.05. The van der Waals surface area contributed by atoms with E-state index in [9.17, 15) is 0 Å². The van der Waals surface area contributed by atoms with Crippen LogP contribution in [0.15, 0.2) is 18.2 Å². The number of benzene rings is 1. The third kappa shape index (κ3) is 2.91. The minimum absolute atomic E-state index is 0.0361. The standard InChI is InChI=1S/C14H19N3O2S/c1-5-12-14(20-17-16-12)13(15-2)9-6-10(18-3)8-11(7-9)19-4/h6-8,13,15H,5H2,1-4H3. The van der Waals surface area contributed by atoms with Gasteiger partial charge in [-0.3, -0.25) is 0 Å². The minimum atomic E-state index is 0.0361. The molecule has 6 heteroatoms. The molecule has 1 heterocycles. The Bertz CT molecular complexity index is 549. The van der Waals surface area contributed by atoms with Crippen molar-refractivity contribution >= 4 is 11.5 Å². The van der Waals surface area contributed by atoms with E-state index >= 15 is 0 Å². The largest absolute Gasteiger partial charge is 0.497 e. The average molecular weight is 293 g/mol. The molecular weight excluding hydrogens is 274 g/mol. The number of hydrogen-bond donors (Lipinski definition) is 1. The van der Waals surface area contributed by atoms with Crippen LogP contribution in [0.25, 0.3) is 0 Å². The van der Waals surface area contributed by atoms with E-state index in [2.05, 4.69) is 21.8 Å². The van der Waals surface area contributed by atoms with Crippen LogP contribution in [0.4, 0.5) is 0 Å². The first-order valence-electron chi connectivity index (χ1n) is 6.44. The fourth-order valence-corrected chi connectivity index (χ4v) is 3.00. The lowest BCUT2D eigenvalue weighted by Gasteiger charge is -2.17. The Balaban J connectivity index is 2.46. The van der Waals surface area contributed by atoms with E-state index in [0.29, 0.717) is 0 Å². The lowest BCUT2D eigenvalue weighted by Crippen LogP contribution is -2.18. The van der Waals surface area contributed by atoms with E-state index in [4.69, 9.17) is 9.47 Å². The van der Waals surface area contributed by atoms with Gasteiger partial charge in [-0.2, -0.15) is 0 Å². The molecule has 20 heavy (non-hydrogen) atoms. The van der Waals surface area contributed by atoms with Crippen molar-refractivity contribution in [3.63, 3.8) is 0 Å². The predicted octanol–water partition coefficient (Wildman–Crippen LogP) is 2.43. The van der Waals surface area contributed by atoms with Gasteiger partial charge in [-0.25, -0.2) is 0 Å². The number of nitrogens with one attached hydrogen (secondary N) is 1. The zero-order chi connectivity index (χ0) is 14.5. The Kier molecular flexibility index (Phi) is 4.92. The molecule has 0 spiro atoms. The smallest absolute Gasteiger partial charge is 0.122 e. The Morgan fingerprint density at radius 2 is 1.85 bits per heavy atom. The first kappa shape index (κ1) is 14.7. The number of aromatic nitrogens is 2. The maximum Gasteiger partial charge on any atom is 0.122 e. The summed E-state index contributed by atoms with van der Waals surface area (Å²) in [5.41, 5.74) is 2.10. The van der Waals surface area contributed by atoms with Crippen LogP contribution in [-0.4, -0.2) is 30.9 Å². The molecule has 2 rings (SSSR count). The van der Waals surface area contributed by atoms with Crippen molar-refractivity contribution in [2.75, 3.05) is 21.3 Å². The van der Waals surface area contributed by atoms with Gasteiger partial charge in [-0.05, 0) is 42.7 Å². The molecule has 0 bridgehead atoms. The van der Waals surface area contributed by atoms with E-state index < -0.39 is 0 Å². The highest BCUT2D eigenvalue weighted by Crippen LogP contribution is 2.32. The summed E-state index contributed by atoms with van der Waals surface area (Å²) in [5, 5.41) is 7.50. The van der Waals surface area contributed by atoms with E-state index in [1.54, 1.807) is 14.2 Å². The lowest BCUT2D eigenvalue weighted by atomic mass is 10.0. The summed E-state index contributed by atoms with van der Waals surface area (Å²) in [7, 11) is 5.23. The quantitative estimate of drug-likeness (QED) is 0.886. The number of methoxy groups -OCH3 is 2. The maximum atomic E-state index is 5.33. The van der Waals surface area contributed by atoms with Crippen LogP contribution in [-0.2, 0) is 6.42 Å². The van der Waals surface area contributed by atoms with Crippen molar-refractivity contribution in [2.24, 2.45) is 0 Å². The molecule has 108 valence electrons. The third-order valence-electron chi connectivity index (χ3n) is 3.18. The summed E-state index contributed by atoms with van der Waals surface area (Å²) >= 11 is 1.42. The molecule has 0 aliphatic heterocycles. The van der Waals surface area contributed by atoms with Crippen molar-refractivity contribution in [3.05, 3.63) is 34.3 Å². The van der Waals surface area contributed by atoms with E-state index in [1.165, 1.54) is 11.5 Å². The second-order valence-corrected chi connectivity index (χ2v) is 5.09. The van der Waals surface area contributed by atoms with E-state index in [1.807, 2.05) is 25.2 Å². The molecule has 0 aliphatic carbocycles. The molecule has 1 atom stereocenters. The second-order valence-electron chi connectivity index (χ2n) is 4.31. The fourth-order valence-electron chi connectivity index (χ4n) is 2.13. The molecule has 5 nitrogen and oxygen atoms in total. The average Bonchev–Trinajstić information content (AvgIpc) is 2.96. The van der Waals surface area contributed by atoms with Gasteiger partial charge in [-0.15, -0.1) is 5.10 Å². The van der Waals surface area contributed by atoms with Crippen LogP contribution in [0.3, 0.4) is 0 Å². The number of hydrogen-bond acceptors (Lipinski definition) is 6. The van der Waals surface area contributed by atoms with Gasteiger partial charge in [0, 0.05) is 6.07 Å². The molecule has 0 radical (unpaired) electrons. The molecule has 2 aromatic rings. The SMILES string of the molecule is CCc1nnsc1C(NC)c1cc(OC)cc(OC)c1. The monoisotopic (exact) mass is 293 g/mol. The van der Waals surface area contributed by atoms with Crippen LogP contribution in [0, 0.1) is 0 Å². The van der Waals surface area contributed by atoms with Gasteiger partial charge in [0.1, 0.15) is 11.5 Å². The zero-order valence-corrected chi connectivity index (χ0v) is 13.0. The molecule has 1 aromatic heterocycles. The number of ether oxygens (including phenoxy) is 2. The molecule has 1 unspecified atom stereocenters. The first-order chi connectivity index (χ1) is 9.73. The van der Waals surface area contributed by atoms with Crippen LogP contribution < -0.4 is 14.8 Å². The Labute approximate surface area is 123 Å². The summed E-state index contributed by atoms with van der Waals surface area (Å²) in [6.45, 7) is 2.08. The third-order valence-corrected chi connectivity index (χ3v) is 4.01. The molecule has 0 aliphatic rings. The van der Waals surface area contributed by atoms with Gasteiger partial charge in [0.15, 0.2) is 0 Å². The van der Waals surface area contributed by atoms with Crippen LogP contribution in [0.5, 0.6) is 11.5 Å². The van der Waals surface area contributed by atoms with Gasteiger partial charge in [0.25, 0.3) is 0 Å². The van der Waals surface area contributed by atoms with Gasteiger partial charge in [0.2, 0.25) is 0 Å². The molecular formula is C14H19N3O2S. The first-order valence-corrected chi connectivity index (χ1v) is 7.22. The number of nitrogens with zero attached hydrogens (tertiary/aromatic N) is 2. The van der Waals surface area contributed by atoms with Gasteiger partial charge in [-0.1, -0.05) is 11.4 Å². The Morgan fingerprint density at radius 1 is 1.20 bits per heavy atom. The topological polar surface area (TPSA) is 56.3 Å². The van der Waals surface area contributed by atoms with Crippen molar-refractivity contribution in [1.82, 2.24) is 14.9 Å². The molecule has 0 saturated heterocycles. The molecule has 1 N–H and O–H groups in total. The second kappa shape index (κ2) is 6.67. The van der Waals surface area contributed by atoms with Crippen LogP contribution >= 0.6 is 11.5 Å². The summed E-state index contributed by atoms with van der Waals surface area (Å²) in [4.78, 5) is 1.13. The normalized spacial score (nSPS) is 12.2. The van der Waals surface area contributed by atoms with Crippen molar-refractivity contribution in [3.8, 4) is 11.5 Å². The lowest BCUT2D eigenvalue weighted by molar-refractivity contribution is 0.392. The highest BCUT2D eigenvalue weighted by Gasteiger charge is 2.20. The molecule has 0 amide bonds. The van der Waals surface area contributed by atoms with Gasteiger partial charge in [0.05, 0.1) is 30.8 Å². The highest BCUT2D eigenvalue weighted by atomic mass is 32.1. The predicted molar refractivity (Wildman–Crippen MR) is 79.7 cm³/mol. The maximum absolute atomic E-state index is 5.33. The minimum Gasteiger partial charge on any atom is -0.497 e. The van der Waals surface area contributed by atoms with Crippen LogP contribution in [0.1, 0.15) is 29.1 Å². The van der Waals surface area contributed by atoms with Gasteiger partial charge >= 0.3 is 0 Å². The number of aryl methyl sites for hydroxylation is 1. The fraction of sp³-hybridized carbons (Fsp3) is 0.429.